The molecule has 5 aliphatic carbocycles. The van der Waals surface area contributed by atoms with Crippen LogP contribution in [-0.2, 0) is 28.1 Å². The number of aryl methyl sites for hydroxylation is 1. The van der Waals surface area contributed by atoms with E-state index in [4.69, 9.17) is 0 Å². The third-order valence-electron chi connectivity index (χ3n) is 18.9. The van der Waals surface area contributed by atoms with Gasteiger partial charge in [0.1, 0.15) is 0 Å². The zero-order chi connectivity index (χ0) is 49.2. The van der Waals surface area contributed by atoms with Crippen molar-refractivity contribution in [2.75, 3.05) is 0 Å². The van der Waals surface area contributed by atoms with Crippen molar-refractivity contribution in [2.24, 2.45) is 0 Å². The summed E-state index contributed by atoms with van der Waals surface area (Å²) in [5, 5.41) is 0. The van der Waals surface area contributed by atoms with Gasteiger partial charge in [-0.15, -0.1) is 0 Å². The summed E-state index contributed by atoms with van der Waals surface area (Å²) in [4.78, 5) is 0. The second kappa shape index (κ2) is 14.9. The van der Waals surface area contributed by atoms with E-state index < -0.39 is 10.8 Å². The van der Waals surface area contributed by atoms with E-state index >= 15 is 0 Å². The first kappa shape index (κ1) is 42.8. The maximum Gasteiger partial charge on any atom is 0.0720 e. The molecule has 10 aromatic carbocycles. The molecule has 2 spiro atoms. The third kappa shape index (κ3) is 5.26. The van der Waals surface area contributed by atoms with Gasteiger partial charge < -0.3 is 0 Å². The molecule has 0 saturated carbocycles. The summed E-state index contributed by atoms with van der Waals surface area (Å²) in [5.74, 6) is 0.257. The predicted octanol–water partition coefficient (Wildman–Crippen LogP) is 18.1. The first-order valence-electron chi connectivity index (χ1n) is 26.8. The standard InChI is InChI=1S/C73H58/c1-7-45(53-43-68-56(50-27-9-14-30-58(50)71(68,5)6)42-54(53)52-41-55-49-26-8-13-29-57(49)70(3,4)67(55)39-44(52)2)40-46-23-22-38-66-69(46)51-28-12-17-33-61(51)73(66)64-36-20-18-34-62(64)72(63-35-19-21-37-65(63)73)59-31-15-10-24-47(59)48-25-11-16-32-60(48)72/h8-39,41-43,45H,7,40H2,1-6H3. The van der Waals surface area contributed by atoms with Gasteiger partial charge in [0.2, 0.25) is 0 Å². The topological polar surface area (TPSA) is 0 Å². The molecule has 0 radical (unpaired) electrons. The summed E-state index contributed by atoms with van der Waals surface area (Å²) in [7, 11) is 0. The lowest BCUT2D eigenvalue weighted by Gasteiger charge is -2.48. The molecule has 1 unspecified atom stereocenters. The highest BCUT2D eigenvalue weighted by Gasteiger charge is 2.59. The Kier molecular flexibility index (Phi) is 8.74. The van der Waals surface area contributed by atoms with Crippen molar-refractivity contribution in [3.8, 4) is 55.6 Å². The molecule has 0 heteroatoms. The quantitative estimate of drug-likeness (QED) is 0.161. The van der Waals surface area contributed by atoms with Crippen LogP contribution in [0.5, 0.6) is 0 Å². The highest BCUT2D eigenvalue weighted by molar-refractivity contribution is 5.95. The number of benzene rings is 10. The van der Waals surface area contributed by atoms with Crippen LogP contribution in [0.4, 0.5) is 0 Å². The van der Waals surface area contributed by atoms with Crippen molar-refractivity contribution in [1.29, 1.82) is 0 Å². The van der Waals surface area contributed by atoms with Gasteiger partial charge in [0, 0.05) is 10.8 Å². The molecule has 5 aliphatic rings. The third-order valence-corrected chi connectivity index (χ3v) is 18.9. The lowest BCUT2D eigenvalue weighted by atomic mass is 9.52. The molecule has 73 heavy (non-hydrogen) atoms. The molecular formula is C73H58. The fourth-order valence-corrected chi connectivity index (χ4v) is 15.8. The number of fused-ring (bicyclic) bond motifs is 22. The summed E-state index contributed by atoms with van der Waals surface area (Å²) in [6.45, 7) is 14.5. The molecule has 350 valence electrons. The van der Waals surface area contributed by atoms with E-state index in [9.17, 15) is 0 Å². The molecule has 10 aromatic rings. The molecule has 0 fully saturated rings. The van der Waals surface area contributed by atoms with Crippen LogP contribution in [-0.4, -0.2) is 0 Å². The van der Waals surface area contributed by atoms with Crippen LogP contribution < -0.4 is 0 Å². The van der Waals surface area contributed by atoms with Crippen LogP contribution in [0.2, 0.25) is 0 Å². The Hall–Kier alpha value is -7.80. The highest BCUT2D eigenvalue weighted by atomic mass is 14.6. The monoisotopic (exact) mass is 934 g/mol. The summed E-state index contributed by atoms with van der Waals surface area (Å²) in [6.07, 6.45) is 1.94. The van der Waals surface area contributed by atoms with Gasteiger partial charge >= 0.3 is 0 Å². The van der Waals surface area contributed by atoms with Crippen molar-refractivity contribution in [1.82, 2.24) is 0 Å². The zero-order valence-corrected chi connectivity index (χ0v) is 42.7. The second-order valence-corrected chi connectivity index (χ2v) is 22.9. The van der Waals surface area contributed by atoms with E-state index in [1.807, 2.05) is 0 Å². The molecular weight excluding hydrogens is 877 g/mol. The SMILES string of the molecule is CCC(Cc1cccc2c1-c1ccccc1C21c2ccccc2C2(c3ccccc3-c3ccccc32)c2ccccc21)c1cc2c(cc1-c1cc3c(cc1C)C(C)(C)c1ccccc1-3)-c1ccccc1C2(C)C. The van der Waals surface area contributed by atoms with Gasteiger partial charge in [-0.05, 0) is 177 Å². The van der Waals surface area contributed by atoms with Crippen LogP contribution in [0, 0.1) is 6.92 Å². The van der Waals surface area contributed by atoms with Gasteiger partial charge in [-0.1, -0.05) is 235 Å². The van der Waals surface area contributed by atoms with Crippen LogP contribution in [0.25, 0.3) is 55.6 Å². The fraction of sp³-hybridized carbons (Fsp3) is 0.178. The number of hydrogen-bond donors (Lipinski definition) is 0. The summed E-state index contributed by atoms with van der Waals surface area (Å²) < 4.78 is 0. The molecule has 0 heterocycles. The van der Waals surface area contributed by atoms with E-state index in [1.54, 1.807) is 0 Å². The van der Waals surface area contributed by atoms with Crippen LogP contribution in [0.15, 0.2) is 212 Å². The summed E-state index contributed by atoms with van der Waals surface area (Å²) in [6, 6.07) is 82.8. The summed E-state index contributed by atoms with van der Waals surface area (Å²) >= 11 is 0. The molecule has 0 saturated heterocycles. The first-order chi connectivity index (χ1) is 35.6. The minimum Gasteiger partial charge on any atom is -0.0648 e. The predicted molar refractivity (Wildman–Crippen MR) is 303 cm³/mol. The number of rotatable bonds is 5. The lowest BCUT2D eigenvalue weighted by molar-refractivity contribution is 0.630. The Morgan fingerprint density at radius 2 is 0.685 bits per heavy atom. The molecule has 0 N–H and O–H groups in total. The molecule has 1 atom stereocenters. The maximum absolute atomic E-state index is 2.66. The molecule has 0 aliphatic heterocycles. The molecule has 0 bridgehead atoms. The first-order valence-corrected chi connectivity index (χ1v) is 26.8. The van der Waals surface area contributed by atoms with E-state index in [-0.39, 0.29) is 16.7 Å². The van der Waals surface area contributed by atoms with Crippen molar-refractivity contribution in [2.45, 2.75) is 82.0 Å². The average molecular weight is 935 g/mol. The van der Waals surface area contributed by atoms with Crippen molar-refractivity contribution in [3.63, 3.8) is 0 Å². The Balaban J connectivity index is 0.954. The molecule has 0 aromatic heterocycles. The van der Waals surface area contributed by atoms with Crippen molar-refractivity contribution < 1.29 is 0 Å². The Morgan fingerprint density at radius 1 is 0.315 bits per heavy atom. The summed E-state index contributed by atoms with van der Waals surface area (Å²) in [5.41, 5.74) is 33.5. The van der Waals surface area contributed by atoms with Gasteiger partial charge in [0.15, 0.2) is 0 Å². The average Bonchev–Trinajstić information content (AvgIpc) is 4.05. The minimum absolute atomic E-state index is 0.0573. The smallest absolute Gasteiger partial charge is 0.0648 e. The van der Waals surface area contributed by atoms with Gasteiger partial charge in [0.05, 0.1) is 10.8 Å². The Bertz CT molecular complexity index is 3920. The van der Waals surface area contributed by atoms with E-state index in [0.29, 0.717) is 0 Å². The van der Waals surface area contributed by atoms with Crippen molar-refractivity contribution >= 4 is 0 Å². The normalized spacial score (nSPS) is 16.6. The van der Waals surface area contributed by atoms with Gasteiger partial charge in [-0.3, -0.25) is 0 Å². The van der Waals surface area contributed by atoms with E-state index in [2.05, 4.69) is 254 Å². The largest absolute Gasteiger partial charge is 0.0720 e. The minimum atomic E-state index is -0.519. The fourth-order valence-electron chi connectivity index (χ4n) is 15.8. The highest BCUT2D eigenvalue weighted by Crippen LogP contribution is 2.68. The van der Waals surface area contributed by atoms with Gasteiger partial charge in [0.25, 0.3) is 0 Å². The lowest BCUT2D eigenvalue weighted by Crippen LogP contribution is -2.43. The van der Waals surface area contributed by atoms with Gasteiger partial charge in [-0.2, -0.15) is 0 Å². The van der Waals surface area contributed by atoms with Crippen LogP contribution >= 0.6 is 0 Å². The molecule has 0 amide bonds. The zero-order valence-electron chi connectivity index (χ0n) is 42.7. The van der Waals surface area contributed by atoms with Crippen molar-refractivity contribution in [3.05, 3.63) is 296 Å². The van der Waals surface area contributed by atoms with E-state index in [0.717, 1.165) is 12.8 Å². The van der Waals surface area contributed by atoms with Crippen LogP contribution in [0.1, 0.15) is 130 Å². The van der Waals surface area contributed by atoms with Crippen LogP contribution in [0.3, 0.4) is 0 Å². The number of hydrogen-bond acceptors (Lipinski definition) is 0. The Morgan fingerprint density at radius 3 is 1.18 bits per heavy atom. The Labute approximate surface area is 431 Å². The second-order valence-electron chi connectivity index (χ2n) is 22.9. The molecule has 0 nitrogen and oxygen atoms in total. The molecule has 15 rings (SSSR count). The van der Waals surface area contributed by atoms with E-state index in [1.165, 1.54) is 139 Å². The maximum atomic E-state index is 2.66. The van der Waals surface area contributed by atoms with Gasteiger partial charge in [-0.25, -0.2) is 0 Å².